The maximum absolute atomic E-state index is 13.4. The molecule has 0 N–H and O–H groups in total. The van der Waals surface area contributed by atoms with Crippen LogP contribution in [0, 0.1) is 27.7 Å². The second-order valence-electron chi connectivity index (χ2n) is 7.49. The number of carbonyl (C=O) groups is 2. The smallest absolute Gasteiger partial charge is 0.255 e. The van der Waals surface area contributed by atoms with E-state index < -0.39 is 0 Å². The van der Waals surface area contributed by atoms with Crippen LogP contribution in [0.3, 0.4) is 0 Å². The molecule has 1 aliphatic rings. The number of hydroxylamine groups is 2. The minimum atomic E-state index is -0.342. The molecule has 0 bridgehead atoms. The monoisotopic (exact) mass is 440 g/mol. The largest absolute Gasteiger partial charge is 0.327 e. The van der Waals surface area contributed by atoms with Crippen molar-refractivity contribution in [2.24, 2.45) is 0 Å². The van der Waals surface area contributed by atoms with Crippen LogP contribution in [0.5, 0.6) is 0 Å². The molecule has 1 unspecified atom stereocenters. The Morgan fingerprint density at radius 1 is 0.969 bits per heavy atom. The van der Waals surface area contributed by atoms with Gasteiger partial charge in [0.05, 0.1) is 19.6 Å². The molecule has 0 fully saturated rings. The SMILES string of the molecule is CC.CC.CON(C)C(=O)CC(c1ccccc1)N1Cc2c(C)c(C)c(C)c(C)c2C1=O. The van der Waals surface area contributed by atoms with Crippen LogP contribution in [0.2, 0.25) is 0 Å². The van der Waals surface area contributed by atoms with Crippen molar-refractivity contribution in [3.05, 3.63) is 69.3 Å². The average molecular weight is 441 g/mol. The van der Waals surface area contributed by atoms with Crippen molar-refractivity contribution in [1.29, 1.82) is 0 Å². The summed E-state index contributed by atoms with van der Waals surface area (Å²) in [6, 6.07) is 9.40. The predicted molar refractivity (Wildman–Crippen MR) is 132 cm³/mol. The molecule has 3 rings (SSSR count). The topological polar surface area (TPSA) is 49.9 Å². The van der Waals surface area contributed by atoms with Gasteiger partial charge in [0.25, 0.3) is 5.91 Å². The minimum absolute atomic E-state index is 0.000392. The van der Waals surface area contributed by atoms with Crippen LogP contribution >= 0.6 is 0 Å². The van der Waals surface area contributed by atoms with Gasteiger partial charge >= 0.3 is 0 Å². The molecular formula is C27H40N2O3. The summed E-state index contributed by atoms with van der Waals surface area (Å²) in [6.07, 6.45) is 0.171. The number of rotatable bonds is 5. The quantitative estimate of drug-likeness (QED) is 0.530. The van der Waals surface area contributed by atoms with E-state index in [0.717, 1.165) is 27.8 Å². The normalized spacial score (nSPS) is 12.8. The molecule has 0 aliphatic carbocycles. The molecule has 1 aliphatic heterocycles. The van der Waals surface area contributed by atoms with Crippen LogP contribution in [0.15, 0.2) is 30.3 Å². The molecule has 5 heteroatoms. The van der Waals surface area contributed by atoms with Gasteiger partial charge in [0.15, 0.2) is 0 Å². The van der Waals surface area contributed by atoms with E-state index in [9.17, 15) is 9.59 Å². The van der Waals surface area contributed by atoms with E-state index in [1.807, 2.05) is 69.9 Å². The Morgan fingerprint density at radius 2 is 1.50 bits per heavy atom. The number of carbonyl (C=O) groups excluding carboxylic acids is 2. The number of fused-ring (bicyclic) bond motifs is 1. The minimum Gasteiger partial charge on any atom is -0.327 e. The summed E-state index contributed by atoms with van der Waals surface area (Å²) in [5.41, 5.74) is 7.44. The first-order chi connectivity index (χ1) is 15.3. The third kappa shape index (κ3) is 5.39. The summed E-state index contributed by atoms with van der Waals surface area (Å²) in [7, 11) is 3.05. The van der Waals surface area contributed by atoms with Crippen LogP contribution in [0.1, 0.15) is 83.9 Å². The van der Waals surface area contributed by atoms with Crippen molar-refractivity contribution >= 4 is 11.8 Å². The van der Waals surface area contributed by atoms with Gasteiger partial charge in [-0.3, -0.25) is 14.4 Å². The summed E-state index contributed by atoms with van der Waals surface area (Å²) in [5.74, 6) is -0.165. The van der Waals surface area contributed by atoms with Gasteiger partial charge in [-0.1, -0.05) is 58.0 Å². The molecule has 0 saturated carbocycles. The fourth-order valence-corrected chi connectivity index (χ4v) is 3.99. The molecular weight excluding hydrogens is 400 g/mol. The van der Waals surface area contributed by atoms with Gasteiger partial charge in [-0.2, -0.15) is 0 Å². The molecule has 1 atom stereocenters. The van der Waals surface area contributed by atoms with Crippen molar-refractivity contribution in [2.75, 3.05) is 14.2 Å². The van der Waals surface area contributed by atoms with Crippen molar-refractivity contribution < 1.29 is 14.4 Å². The number of benzene rings is 2. The Kier molecular flexibility index (Phi) is 10.6. The van der Waals surface area contributed by atoms with Gasteiger partial charge in [0, 0.05) is 19.2 Å². The lowest BCUT2D eigenvalue weighted by molar-refractivity contribution is -0.169. The summed E-state index contributed by atoms with van der Waals surface area (Å²) in [4.78, 5) is 32.9. The van der Waals surface area contributed by atoms with Crippen molar-refractivity contribution in [3.63, 3.8) is 0 Å². The Morgan fingerprint density at radius 3 is 2.03 bits per heavy atom. The van der Waals surface area contributed by atoms with Crippen LogP contribution < -0.4 is 0 Å². The Balaban J connectivity index is 0.00000121. The molecule has 0 radical (unpaired) electrons. The molecule has 0 aromatic heterocycles. The highest BCUT2D eigenvalue weighted by Gasteiger charge is 2.37. The molecule has 0 spiro atoms. The van der Waals surface area contributed by atoms with E-state index in [1.165, 1.54) is 23.3 Å². The van der Waals surface area contributed by atoms with Crippen molar-refractivity contribution in [2.45, 2.75) is 74.4 Å². The Labute approximate surface area is 194 Å². The Hall–Kier alpha value is -2.66. The van der Waals surface area contributed by atoms with E-state index in [0.29, 0.717) is 6.54 Å². The van der Waals surface area contributed by atoms with Gasteiger partial charge in [0.1, 0.15) is 0 Å². The fraction of sp³-hybridized carbons (Fsp3) is 0.481. The summed E-state index contributed by atoms with van der Waals surface area (Å²) >= 11 is 0. The summed E-state index contributed by atoms with van der Waals surface area (Å²) in [6.45, 7) is 16.8. The second kappa shape index (κ2) is 12.4. The molecule has 176 valence electrons. The third-order valence-electron chi connectivity index (χ3n) is 6.17. The summed E-state index contributed by atoms with van der Waals surface area (Å²) in [5, 5.41) is 1.22. The van der Waals surface area contributed by atoms with E-state index >= 15 is 0 Å². The molecule has 5 nitrogen and oxygen atoms in total. The lowest BCUT2D eigenvalue weighted by atomic mass is 9.90. The van der Waals surface area contributed by atoms with Crippen molar-refractivity contribution in [3.8, 4) is 0 Å². The second-order valence-corrected chi connectivity index (χ2v) is 7.49. The maximum Gasteiger partial charge on any atom is 0.255 e. The highest BCUT2D eigenvalue weighted by Crippen LogP contribution is 2.38. The first-order valence-electron chi connectivity index (χ1n) is 11.5. The van der Waals surface area contributed by atoms with E-state index in [2.05, 4.69) is 20.8 Å². The fourth-order valence-electron chi connectivity index (χ4n) is 3.99. The Bertz CT molecular complexity index is 922. The van der Waals surface area contributed by atoms with Crippen LogP contribution in [-0.2, 0) is 16.2 Å². The molecule has 2 aromatic rings. The number of hydrogen-bond acceptors (Lipinski definition) is 3. The lowest BCUT2D eigenvalue weighted by Crippen LogP contribution is -2.35. The van der Waals surface area contributed by atoms with Gasteiger partial charge in [-0.05, 0) is 61.1 Å². The zero-order chi connectivity index (χ0) is 24.6. The highest BCUT2D eigenvalue weighted by molar-refractivity contribution is 6.01. The van der Waals surface area contributed by atoms with Gasteiger partial charge in [0.2, 0.25) is 5.91 Å². The zero-order valence-electron chi connectivity index (χ0n) is 21.5. The standard InChI is InChI=1S/C23H28N2O3.2C2H6/c1-14-15(2)17(4)22-19(16(14)3)13-25(23(22)27)20(12-21(26)24(5)28-6)18-10-8-7-9-11-18;2*1-2/h7-11,20H,12-13H2,1-6H3;2*1-2H3. The third-order valence-corrected chi connectivity index (χ3v) is 6.17. The van der Waals surface area contributed by atoms with Crippen LogP contribution in [-0.4, -0.2) is 35.9 Å². The first kappa shape index (κ1) is 27.4. The zero-order valence-corrected chi connectivity index (χ0v) is 21.5. The van der Waals surface area contributed by atoms with Crippen LogP contribution in [0.4, 0.5) is 0 Å². The number of nitrogens with zero attached hydrogens (tertiary/aromatic N) is 2. The van der Waals surface area contributed by atoms with E-state index in [-0.39, 0.29) is 24.3 Å². The first-order valence-corrected chi connectivity index (χ1v) is 11.5. The number of hydrogen-bond donors (Lipinski definition) is 0. The molecule has 0 saturated heterocycles. The van der Waals surface area contributed by atoms with Crippen LogP contribution in [0.25, 0.3) is 0 Å². The molecule has 2 aromatic carbocycles. The lowest BCUT2D eigenvalue weighted by Gasteiger charge is -2.29. The van der Waals surface area contributed by atoms with Gasteiger partial charge < -0.3 is 4.90 Å². The maximum atomic E-state index is 13.4. The summed E-state index contributed by atoms with van der Waals surface area (Å²) < 4.78 is 0. The molecule has 32 heavy (non-hydrogen) atoms. The molecule has 2 amide bonds. The molecule has 1 heterocycles. The predicted octanol–water partition coefficient (Wildman–Crippen LogP) is 6.08. The van der Waals surface area contributed by atoms with Crippen molar-refractivity contribution in [1.82, 2.24) is 9.96 Å². The van der Waals surface area contributed by atoms with E-state index in [1.54, 1.807) is 7.05 Å². The van der Waals surface area contributed by atoms with E-state index in [4.69, 9.17) is 4.84 Å². The highest BCUT2D eigenvalue weighted by atomic mass is 16.7. The average Bonchev–Trinajstić information content (AvgIpc) is 3.19. The number of amides is 2. The van der Waals surface area contributed by atoms with Gasteiger partial charge in [-0.25, -0.2) is 5.06 Å². The van der Waals surface area contributed by atoms with Gasteiger partial charge in [-0.15, -0.1) is 0 Å².